The smallest absolute Gasteiger partial charge is 0.170 e. The predicted molar refractivity (Wildman–Crippen MR) is 82.2 cm³/mol. The van der Waals surface area contributed by atoms with Crippen molar-refractivity contribution in [2.75, 3.05) is 5.32 Å². The first-order valence-electron chi connectivity index (χ1n) is 6.59. The highest BCUT2D eigenvalue weighted by molar-refractivity contribution is 5.97. The van der Waals surface area contributed by atoms with Crippen LogP contribution in [0, 0.1) is 19.7 Å². The molecule has 0 unspecified atom stereocenters. The summed E-state index contributed by atoms with van der Waals surface area (Å²) >= 11 is 0. The van der Waals surface area contributed by atoms with E-state index in [0.29, 0.717) is 17.7 Å². The molecule has 0 aliphatic rings. The van der Waals surface area contributed by atoms with Crippen LogP contribution in [0.2, 0.25) is 0 Å². The Morgan fingerprint density at radius 3 is 2.71 bits per heavy atom. The summed E-state index contributed by atoms with van der Waals surface area (Å²) < 4.78 is 13.5. The van der Waals surface area contributed by atoms with Gasteiger partial charge < -0.3 is 16.3 Å². The van der Waals surface area contributed by atoms with E-state index in [2.05, 4.69) is 10.5 Å². The number of benzene rings is 2. The second-order valence-corrected chi connectivity index (χ2v) is 4.89. The maximum Gasteiger partial charge on any atom is 0.170 e. The van der Waals surface area contributed by atoms with Crippen LogP contribution in [0.4, 0.5) is 10.1 Å². The molecule has 0 radical (unpaired) electrons. The maximum atomic E-state index is 13.5. The number of anilines is 1. The van der Waals surface area contributed by atoms with Crippen LogP contribution in [0.3, 0.4) is 0 Å². The predicted octanol–water partition coefficient (Wildman–Crippen LogP) is 3.15. The number of aryl methyl sites for hydroxylation is 1. The lowest BCUT2D eigenvalue weighted by atomic mass is 10.0. The van der Waals surface area contributed by atoms with Crippen molar-refractivity contribution >= 4 is 11.5 Å². The van der Waals surface area contributed by atoms with Crippen LogP contribution in [0.5, 0.6) is 0 Å². The summed E-state index contributed by atoms with van der Waals surface area (Å²) in [5.41, 5.74) is 9.68. The number of nitrogens with zero attached hydrogens (tertiary/aromatic N) is 1. The van der Waals surface area contributed by atoms with Gasteiger partial charge in [0, 0.05) is 23.4 Å². The third-order valence-corrected chi connectivity index (χ3v) is 3.48. The largest absolute Gasteiger partial charge is 0.409 e. The highest BCUT2D eigenvalue weighted by Gasteiger charge is 2.06. The fourth-order valence-electron chi connectivity index (χ4n) is 2.10. The van der Waals surface area contributed by atoms with Gasteiger partial charge in [-0.25, -0.2) is 4.39 Å². The van der Waals surface area contributed by atoms with E-state index in [4.69, 9.17) is 10.9 Å². The average molecular weight is 287 g/mol. The molecule has 2 aromatic carbocycles. The van der Waals surface area contributed by atoms with Crippen molar-refractivity contribution in [3.8, 4) is 0 Å². The number of amidine groups is 1. The molecule has 4 nitrogen and oxygen atoms in total. The maximum absolute atomic E-state index is 13.5. The van der Waals surface area contributed by atoms with Gasteiger partial charge in [0.25, 0.3) is 0 Å². The molecular formula is C16H18FN3O. The minimum absolute atomic E-state index is 0.0820. The Kier molecular flexibility index (Phi) is 4.42. The molecule has 0 amide bonds. The molecule has 0 saturated heterocycles. The molecule has 4 N–H and O–H groups in total. The van der Waals surface area contributed by atoms with Gasteiger partial charge in [0.1, 0.15) is 5.82 Å². The highest BCUT2D eigenvalue weighted by atomic mass is 19.1. The molecule has 0 atom stereocenters. The van der Waals surface area contributed by atoms with Gasteiger partial charge in [-0.15, -0.1) is 0 Å². The zero-order chi connectivity index (χ0) is 15.4. The number of oxime groups is 1. The second-order valence-electron chi connectivity index (χ2n) is 4.89. The quantitative estimate of drug-likeness (QED) is 0.350. The number of nitrogens with two attached hydrogens (primary N) is 1. The molecule has 2 rings (SSSR count). The van der Waals surface area contributed by atoms with Gasteiger partial charge in [-0.3, -0.25) is 0 Å². The summed E-state index contributed by atoms with van der Waals surface area (Å²) in [5.74, 6) is -0.141. The highest BCUT2D eigenvalue weighted by Crippen LogP contribution is 2.19. The number of halogens is 1. The number of hydrogen-bond acceptors (Lipinski definition) is 3. The summed E-state index contributed by atoms with van der Waals surface area (Å²) in [5, 5.41) is 14.9. The van der Waals surface area contributed by atoms with Gasteiger partial charge in [0.15, 0.2) is 5.84 Å². The van der Waals surface area contributed by atoms with Gasteiger partial charge in [0.05, 0.1) is 0 Å². The topological polar surface area (TPSA) is 70.6 Å². The van der Waals surface area contributed by atoms with Gasteiger partial charge >= 0.3 is 0 Å². The summed E-state index contributed by atoms with van der Waals surface area (Å²) in [4.78, 5) is 0. The van der Waals surface area contributed by atoms with Crippen molar-refractivity contribution in [1.82, 2.24) is 0 Å². The monoisotopic (exact) mass is 287 g/mol. The number of nitrogens with one attached hydrogen (secondary N) is 1. The number of hydrogen-bond donors (Lipinski definition) is 3. The van der Waals surface area contributed by atoms with Crippen molar-refractivity contribution in [2.45, 2.75) is 20.4 Å². The van der Waals surface area contributed by atoms with Crippen LogP contribution >= 0.6 is 0 Å². The lowest BCUT2D eigenvalue weighted by molar-refractivity contribution is 0.318. The van der Waals surface area contributed by atoms with E-state index in [-0.39, 0.29) is 11.7 Å². The Morgan fingerprint density at radius 2 is 2.05 bits per heavy atom. The molecular weight excluding hydrogens is 269 g/mol. The summed E-state index contributed by atoms with van der Waals surface area (Å²) in [6, 6.07) is 10.5. The normalized spacial score (nSPS) is 11.5. The van der Waals surface area contributed by atoms with Crippen LogP contribution < -0.4 is 11.1 Å². The van der Waals surface area contributed by atoms with Crippen LogP contribution in [0.15, 0.2) is 41.6 Å². The SMILES string of the molecule is Cc1cc(/C(N)=N/O)ccc1CNc1cccc(F)c1C. The van der Waals surface area contributed by atoms with Gasteiger partial charge in [0.2, 0.25) is 0 Å². The van der Waals surface area contributed by atoms with Gasteiger partial charge in [-0.05, 0) is 43.2 Å². The fraction of sp³-hybridized carbons (Fsp3) is 0.188. The van der Waals surface area contributed by atoms with Crippen molar-refractivity contribution in [1.29, 1.82) is 0 Å². The molecule has 0 aliphatic carbocycles. The van der Waals surface area contributed by atoms with E-state index in [0.717, 1.165) is 16.8 Å². The zero-order valence-electron chi connectivity index (χ0n) is 12.0. The molecule has 2 aromatic rings. The Hall–Kier alpha value is -2.56. The molecule has 0 aliphatic heterocycles. The first-order valence-corrected chi connectivity index (χ1v) is 6.59. The van der Waals surface area contributed by atoms with Crippen LogP contribution in [0.1, 0.15) is 22.3 Å². The van der Waals surface area contributed by atoms with E-state index in [1.807, 2.05) is 25.1 Å². The molecule has 0 saturated carbocycles. The molecule has 0 aromatic heterocycles. The molecule has 0 fully saturated rings. The summed E-state index contributed by atoms with van der Waals surface area (Å²) in [6.45, 7) is 4.27. The second kappa shape index (κ2) is 6.26. The average Bonchev–Trinajstić information content (AvgIpc) is 2.49. The Bertz CT molecular complexity index is 683. The molecule has 0 heterocycles. The van der Waals surface area contributed by atoms with Crippen LogP contribution in [0.25, 0.3) is 0 Å². The standard InChI is InChI=1S/C16H18FN3O/c1-10-8-12(16(18)20-21)6-7-13(10)9-19-15-5-3-4-14(17)11(15)2/h3-8,19,21H,9H2,1-2H3,(H2,18,20). The van der Waals surface area contributed by atoms with Crippen molar-refractivity contribution < 1.29 is 9.60 Å². The lowest BCUT2D eigenvalue weighted by Gasteiger charge is -2.12. The third-order valence-electron chi connectivity index (χ3n) is 3.48. The van der Waals surface area contributed by atoms with Gasteiger partial charge in [-0.1, -0.05) is 23.4 Å². The van der Waals surface area contributed by atoms with E-state index in [1.165, 1.54) is 6.07 Å². The van der Waals surface area contributed by atoms with E-state index >= 15 is 0 Å². The summed E-state index contributed by atoms with van der Waals surface area (Å²) in [7, 11) is 0. The van der Waals surface area contributed by atoms with Crippen molar-refractivity contribution in [3.63, 3.8) is 0 Å². The minimum atomic E-state index is -0.223. The molecule has 0 bridgehead atoms. The van der Waals surface area contributed by atoms with Crippen LogP contribution in [-0.4, -0.2) is 11.0 Å². The number of rotatable bonds is 4. The summed E-state index contributed by atoms with van der Waals surface area (Å²) in [6.07, 6.45) is 0. The Morgan fingerprint density at radius 1 is 1.29 bits per heavy atom. The molecule has 0 spiro atoms. The van der Waals surface area contributed by atoms with Crippen LogP contribution in [-0.2, 0) is 6.54 Å². The fourth-order valence-corrected chi connectivity index (χ4v) is 2.10. The first kappa shape index (κ1) is 14.8. The Balaban J connectivity index is 2.15. The Labute approximate surface area is 123 Å². The zero-order valence-corrected chi connectivity index (χ0v) is 12.0. The third kappa shape index (κ3) is 3.31. The van der Waals surface area contributed by atoms with E-state index in [1.54, 1.807) is 19.1 Å². The lowest BCUT2D eigenvalue weighted by Crippen LogP contribution is -2.13. The molecule has 5 heteroatoms. The minimum Gasteiger partial charge on any atom is -0.409 e. The van der Waals surface area contributed by atoms with Crippen molar-refractivity contribution in [2.24, 2.45) is 10.9 Å². The molecule has 110 valence electrons. The van der Waals surface area contributed by atoms with Crippen molar-refractivity contribution in [3.05, 3.63) is 64.5 Å². The van der Waals surface area contributed by atoms with Gasteiger partial charge in [-0.2, -0.15) is 0 Å². The first-order chi connectivity index (χ1) is 10.0. The van der Waals surface area contributed by atoms with E-state index in [9.17, 15) is 4.39 Å². The molecule has 21 heavy (non-hydrogen) atoms. The van der Waals surface area contributed by atoms with E-state index < -0.39 is 0 Å².